The maximum Gasteiger partial charge on any atom is 0.259 e. The molecule has 0 radical (unpaired) electrons. The van der Waals surface area contributed by atoms with Gasteiger partial charge in [0.25, 0.3) is 5.91 Å². The Balaban J connectivity index is 0.00000192. The molecule has 0 spiro atoms. The maximum absolute atomic E-state index is 12.2. The molecule has 2 N–H and O–H groups in total. The summed E-state index contributed by atoms with van der Waals surface area (Å²) >= 11 is 3.30. The van der Waals surface area contributed by atoms with Crippen LogP contribution in [0.25, 0.3) is 0 Å². The van der Waals surface area contributed by atoms with Crippen LogP contribution in [0.5, 0.6) is 0 Å². The fourth-order valence-electron chi connectivity index (χ4n) is 2.48. The summed E-state index contributed by atoms with van der Waals surface area (Å²) in [5, 5.41) is 10.5. The Morgan fingerprint density at radius 1 is 1.39 bits per heavy atom. The number of carbonyl (C=O) groups is 1. The van der Waals surface area contributed by atoms with E-state index in [1.807, 2.05) is 0 Å². The van der Waals surface area contributed by atoms with Crippen molar-refractivity contribution in [1.29, 1.82) is 0 Å². The Hall–Kier alpha value is -1.51. The smallest absolute Gasteiger partial charge is 0.259 e. The van der Waals surface area contributed by atoms with Crippen molar-refractivity contribution in [3.8, 4) is 0 Å². The predicted octanol–water partition coefficient (Wildman–Crippen LogP) is 2.11. The molecular weight excluding hydrogens is 384 g/mol. The van der Waals surface area contributed by atoms with Crippen molar-refractivity contribution >= 4 is 40.2 Å². The van der Waals surface area contributed by atoms with Crippen LogP contribution in [-0.2, 0) is 7.05 Å². The Kier molecular flexibility index (Phi) is 6.09. The van der Waals surface area contributed by atoms with E-state index in [0.717, 1.165) is 36.2 Å². The molecule has 3 heterocycles. The standard InChI is InChI=1S/C14H17BrN6O.ClH/c1-21-14(18-12(20-21)9-2-4-16-5-3-9)19-13(22)10-6-11(15)8-17-7-10;/h6-9,16H,2-5H2,1H3,(H,18,19,20,22);1H. The summed E-state index contributed by atoms with van der Waals surface area (Å²) in [7, 11) is 1.78. The Morgan fingerprint density at radius 3 is 2.83 bits per heavy atom. The third-order valence-corrected chi connectivity index (χ3v) is 4.11. The number of pyridine rings is 1. The number of amides is 1. The average molecular weight is 402 g/mol. The van der Waals surface area contributed by atoms with Crippen molar-refractivity contribution in [2.24, 2.45) is 7.05 Å². The summed E-state index contributed by atoms with van der Waals surface area (Å²) < 4.78 is 2.37. The fraction of sp³-hybridized carbons (Fsp3) is 0.429. The molecule has 9 heteroatoms. The molecule has 0 bridgehead atoms. The van der Waals surface area contributed by atoms with Crippen LogP contribution in [0.2, 0.25) is 0 Å². The van der Waals surface area contributed by atoms with Gasteiger partial charge in [-0.3, -0.25) is 15.1 Å². The van der Waals surface area contributed by atoms with Crippen LogP contribution in [-0.4, -0.2) is 38.7 Å². The van der Waals surface area contributed by atoms with Gasteiger partial charge in [0.2, 0.25) is 5.95 Å². The predicted molar refractivity (Wildman–Crippen MR) is 93.0 cm³/mol. The van der Waals surface area contributed by atoms with E-state index in [4.69, 9.17) is 0 Å². The number of aryl methyl sites for hydroxylation is 1. The van der Waals surface area contributed by atoms with E-state index in [9.17, 15) is 4.79 Å². The largest absolute Gasteiger partial charge is 0.317 e. The highest BCUT2D eigenvalue weighted by Gasteiger charge is 2.21. The number of piperidine rings is 1. The Morgan fingerprint density at radius 2 is 2.13 bits per heavy atom. The van der Waals surface area contributed by atoms with E-state index >= 15 is 0 Å². The molecular formula is C14H18BrClN6O. The van der Waals surface area contributed by atoms with Gasteiger partial charge in [-0.25, -0.2) is 4.68 Å². The first kappa shape index (κ1) is 17.8. The van der Waals surface area contributed by atoms with Gasteiger partial charge in [0, 0.05) is 29.8 Å². The molecule has 1 amide bonds. The average Bonchev–Trinajstić information content (AvgIpc) is 2.89. The number of carbonyl (C=O) groups excluding carboxylic acids is 1. The normalized spacial score (nSPS) is 15.0. The zero-order valence-corrected chi connectivity index (χ0v) is 15.0. The van der Waals surface area contributed by atoms with Crippen molar-refractivity contribution in [2.75, 3.05) is 18.4 Å². The van der Waals surface area contributed by atoms with Crippen LogP contribution in [0.15, 0.2) is 22.9 Å². The van der Waals surface area contributed by atoms with E-state index in [1.54, 1.807) is 24.0 Å². The summed E-state index contributed by atoms with van der Waals surface area (Å²) in [6.07, 6.45) is 5.19. The third-order valence-electron chi connectivity index (χ3n) is 3.68. The number of hydrogen-bond donors (Lipinski definition) is 2. The molecule has 0 saturated carbocycles. The van der Waals surface area contributed by atoms with Crippen LogP contribution >= 0.6 is 28.3 Å². The lowest BCUT2D eigenvalue weighted by Gasteiger charge is -2.19. The van der Waals surface area contributed by atoms with Crippen molar-refractivity contribution in [3.63, 3.8) is 0 Å². The lowest BCUT2D eigenvalue weighted by molar-refractivity contribution is 0.102. The molecule has 1 fully saturated rings. The van der Waals surface area contributed by atoms with Gasteiger partial charge < -0.3 is 5.32 Å². The fourth-order valence-corrected chi connectivity index (χ4v) is 2.84. The van der Waals surface area contributed by atoms with Gasteiger partial charge in [0.05, 0.1) is 5.56 Å². The number of aromatic nitrogens is 4. The summed E-state index contributed by atoms with van der Waals surface area (Å²) in [5.41, 5.74) is 0.473. The molecule has 0 unspecified atom stereocenters. The first-order valence-corrected chi connectivity index (χ1v) is 7.96. The molecule has 7 nitrogen and oxygen atoms in total. The summed E-state index contributed by atoms with van der Waals surface area (Å²) in [6, 6.07) is 1.71. The second kappa shape index (κ2) is 7.85. The zero-order valence-electron chi connectivity index (χ0n) is 12.6. The molecule has 2 aromatic heterocycles. The lowest BCUT2D eigenvalue weighted by atomic mass is 9.98. The zero-order chi connectivity index (χ0) is 15.5. The Bertz CT molecular complexity index is 686. The van der Waals surface area contributed by atoms with Crippen molar-refractivity contribution < 1.29 is 4.79 Å². The molecule has 1 aliphatic rings. The van der Waals surface area contributed by atoms with Gasteiger partial charge in [-0.2, -0.15) is 10.1 Å². The molecule has 0 aliphatic carbocycles. The van der Waals surface area contributed by atoms with E-state index in [2.05, 4.69) is 41.6 Å². The number of halogens is 2. The first-order valence-electron chi connectivity index (χ1n) is 7.17. The molecule has 3 rings (SSSR count). The van der Waals surface area contributed by atoms with E-state index in [-0.39, 0.29) is 18.3 Å². The number of nitrogens with one attached hydrogen (secondary N) is 2. The number of hydrogen-bond acceptors (Lipinski definition) is 5. The van der Waals surface area contributed by atoms with Crippen LogP contribution in [0.3, 0.4) is 0 Å². The molecule has 124 valence electrons. The minimum Gasteiger partial charge on any atom is -0.317 e. The monoisotopic (exact) mass is 400 g/mol. The summed E-state index contributed by atoms with van der Waals surface area (Å²) in [6.45, 7) is 1.96. The SMILES string of the molecule is Cl.Cn1nc(C2CCNCC2)nc1NC(=O)c1cncc(Br)c1. The van der Waals surface area contributed by atoms with E-state index in [1.165, 1.54) is 6.20 Å². The van der Waals surface area contributed by atoms with Gasteiger partial charge in [-0.1, -0.05) is 0 Å². The van der Waals surface area contributed by atoms with Gasteiger partial charge >= 0.3 is 0 Å². The van der Waals surface area contributed by atoms with E-state index < -0.39 is 0 Å². The topological polar surface area (TPSA) is 84.7 Å². The summed E-state index contributed by atoms with van der Waals surface area (Å²) in [4.78, 5) is 20.7. The molecule has 2 aromatic rings. The van der Waals surface area contributed by atoms with E-state index in [0.29, 0.717) is 17.4 Å². The van der Waals surface area contributed by atoms with Crippen LogP contribution in [0, 0.1) is 0 Å². The van der Waals surface area contributed by atoms with Crippen molar-refractivity contribution in [1.82, 2.24) is 25.1 Å². The van der Waals surface area contributed by atoms with Crippen LogP contribution < -0.4 is 10.6 Å². The molecule has 0 aromatic carbocycles. The van der Waals surface area contributed by atoms with Crippen LogP contribution in [0.1, 0.15) is 34.9 Å². The van der Waals surface area contributed by atoms with Crippen molar-refractivity contribution in [3.05, 3.63) is 34.3 Å². The lowest BCUT2D eigenvalue weighted by Crippen LogP contribution is -2.27. The van der Waals surface area contributed by atoms with Crippen molar-refractivity contribution in [2.45, 2.75) is 18.8 Å². The number of rotatable bonds is 3. The quantitative estimate of drug-likeness (QED) is 0.823. The van der Waals surface area contributed by atoms with Gasteiger partial charge in [-0.05, 0) is 47.9 Å². The minimum atomic E-state index is -0.249. The van der Waals surface area contributed by atoms with Gasteiger partial charge in [-0.15, -0.1) is 12.4 Å². The maximum atomic E-state index is 12.2. The highest BCUT2D eigenvalue weighted by molar-refractivity contribution is 9.10. The highest BCUT2D eigenvalue weighted by atomic mass is 79.9. The molecule has 0 atom stereocenters. The van der Waals surface area contributed by atoms with Gasteiger partial charge in [0.15, 0.2) is 5.82 Å². The second-order valence-electron chi connectivity index (χ2n) is 5.29. The third kappa shape index (κ3) is 4.27. The van der Waals surface area contributed by atoms with Gasteiger partial charge in [0.1, 0.15) is 0 Å². The Labute approximate surface area is 148 Å². The highest BCUT2D eigenvalue weighted by Crippen LogP contribution is 2.23. The molecule has 23 heavy (non-hydrogen) atoms. The van der Waals surface area contributed by atoms with Crippen LogP contribution in [0.4, 0.5) is 5.95 Å². The first-order chi connectivity index (χ1) is 10.6. The number of anilines is 1. The summed E-state index contributed by atoms with van der Waals surface area (Å²) in [5.74, 6) is 1.36. The number of nitrogens with zero attached hydrogens (tertiary/aromatic N) is 4. The molecule has 1 aliphatic heterocycles. The second-order valence-corrected chi connectivity index (χ2v) is 6.20. The minimum absolute atomic E-state index is 0. The molecule has 1 saturated heterocycles.